The van der Waals surface area contributed by atoms with Crippen LogP contribution in [-0.4, -0.2) is 22.4 Å². The first kappa shape index (κ1) is 8.27. The molecule has 12 heavy (non-hydrogen) atoms. The summed E-state index contributed by atoms with van der Waals surface area (Å²) in [6.07, 6.45) is 5.39. The van der Waals surface area contributed by atoms with Gasteiger partial charge in [-0.25, -0.2) is 0 Å². The van der Waals surface area contributed by atoms with Gasteiger partial charge in [0.2, 0.25) is 0 Å². The molecule has 2 atom stereocenters. The monoisotopic (exact) mass is 168 g/mol. The van der Waals surface area contributed by atoms with Gasteiger partial charge >= 0.3 is 0 Å². The maximum Gasteiger partial charge on any atom is 0.0754 e. The lowest BCUT2D eigenvalue weighted by molar-refractivity contribution is 0.117. The molecular weight excluding hydrogens is 152 g/mol. The topological polar surface area (TPSA) is 40.5 Å². The number of aliphatic hydroxyl groups excluding tert-OH is 2. The normalized spacial score (nSPS) is 36.5. The van der Waals surface area contributed by atoms with E-state index in [1.807, 2.05) is 0 Å². The first-order valence-electron chi connectivity index (χ1n) is 4.87. The highest BCUT2D eigenvalue weighted by molar-refractivity contribution is 5.26. The van der Waals surface area contributed by atoms with Gasteiger partial charge in [-0.15, -0.1) is 0 Å². The maximum absolute atomic E-state index is 9.65. The zero-order chi connectivity index (χ0) is 8.55. The van der Waals surface area contributed by atoms with E-state index in [1.54, 1.807) is 0 Å². The van der Waals surface area contributed by atoms with E-state index in [4.69, 9.17) is 0 Å². The van der Waals surface area contributed by atoms with Crippen LogP contribution in [0.3, 0.4) is 0 Å². The fraction of sp³-hybridized carbons (Fsp3) is 0.800. The van der Waals surface area contributed by atoms with Crippen molar-refractivity contribution in [3.8, 4) is 0 Å². The fourth-order valence-electron chi connectivity index (χ4n) is 2.38. The Hall–Kier alpha value is -0.340. The molecule has 2 heteroatoms. The van der Waals surface area contributed by atoms with E-state index in [0.717, 1.165) is 36.8 Å². The Balaban J connectivity index is 2.27. The maximum atomic E-state index is 9.65. The number of hydrogen-bond donors (Lipinski definition) is 2. The van der Waals surface area contributed by atoms with Crippen molar-refractivity contribution in [2.45, 2.75) is 50.7 Å². The lowest BCUT2D eigenvalue weighted by atomic mass is 9.79. The minimum Gasteiger partial charge on any atom is -0.389 e. The Bertz CT molecular complexity index is 186. The van der Waals surface area contributed by atoms with Crippen LogP contribution < -0.4 is 0 Å². The third-order valence-corrected chi connectivity index (χ3v) is 3.07. The number of rotatable bonds is 0. The van der Waals surface area contributed by atoms with Gasteiger partial charge in [0.25, 0.3) is 0 Å². The summed E-state index contributed by atoms with van der Waals surface area (Å²) in [4.78, 5) is 0. The number of aliphatic hydroxyl groups is 2. The number of hydrogen-bond acceptors (Lipinski definition) is 2. The van der Waals surface area contributed by atoms with Crippen LogP contribution in [0.15, 0.2) is 11.1 Å². The first-order valence-corrected chi connectivity index (χ1v) is 4.87. The Labute approximate surface area is 72.9 Å². The summed E-state index contributed by atoms with van der Waals surface area (Å²) in [7, 11) is 0. The van der Waals surface area contributed by atoms with Crippen molar-refractivity contribution in [3.63, 3.8) is 0 Å². The molecule has 0 bridgehead atoms. The third kappa shape index (κ3) is 1.29. The van der Waals surface area contributed by atoms with E-state index in [1.165, 1.54) is 12.8 Å². The molecule has 0 aromatic rings. The Morgan fingerprint density at radius 1 is 0.833 bits per heavy atom. The van der Waals surface area contributed by atoms with Crippen molar-refractivity contribution < 1.29 is 10.2 Å². The molecule has 2 aliphatic rings. The largest absolute Gasteiger partial charge is 0.389 e. The van der Waals surface area contributed by atoms with Crippen LogP contribution in [0, 0.1) is 0 Å². The van der Waals surface area contributed by atoms with Gasteiger partial charge < -0.3 is 10.2 Å². The van der Waals surface area contributed by atoms with Crippen LogP contribution in [-0.2, 0) is 0 Å². The van der Waals surface area contributed by atoms with Crippen LogP contribution in [0.5, 0.6) is 0 Å². The average molecular weight is 168 g/mol. The molecule has 0 radical (unpaired) electrons. The highest BCUT2D eigenvalue weighted by Crippen LogP contribution is 2.35. The van der Waals surface area contributed by atoms with Gasteiger partial charge in [-0.3, -0.25) is 0 Å². The second kappa shape index (κ2) is 3.19. The molecule has 2 nitrogen and oxygen atoms in total. The SMILES string of the molecule is OC1CCC(O)C2=C1CCCC2. The summed E-state index contributed by atoms with van der Waals surface area (Å²) in [5, 5.41) is 19.3. The molecule has 0 aliphatic heterocycles. The van der Waals surface area contributed by atoms with Crippen molar-refractivity contribution in [1.29, 1.82) is 0 Å². The molecule has 0 heterocycles. The molecule has 0 saturated heterocycles. The summed E-state index contributed by atoms with van der Waals surface area (Å²) >= 11 is 0. The van der Waals surface area contributed by atoms with E-state index in [-0.39, 0.29) is 12.2 Å². The second-order valence-corrected chi connectivity index (χ2v) is 3.87. The Morgan fingerprint density at radius 2 is 1.25 bits per heavy atom. The fourth-order valence-corrected chi connectivity index (χ4v) is 2.38. The van der Waals surface area contributed by atoms with Crippen LogP contribution in [0.25, 0.3) is 0 Å². The quantitative estimate of drug-likeness (QED) is 0.536. The molecule has 2 N–H and O–H groups in total. The van der Waals surface area contributed by atoms with Crippen molar-refractivity contribution in [2.24, 2.45) is 0 Å². The van der Waals surface area contributed by atoms with E-state index in [0.29, 0.717) is 0 Å². The molecule has 2 unspecified atom stereocenters. The van der Waals surface area contributed by atoms with Crippen molar-refractivity contribution in [2.75, 3.05) is 0 Å². The minimum atomic E-state index is -0.247. The summed E-state index contributed by atoms with van der Waals surface area (Å²) < 4.78 is 0. The molecule has 0 amide bonds. The smallest absolute Gasteiger partial charge is 0.0754 e. The van der Waals surface area contributed by atoms with Gasteiger partial charge in [0, 0.05) is 0 Å². The van der Waals surface area contributed by atoms with Gasteiger partial charge in [0.15, 0.2) is 0 Å². The molecular formula is C10H16O2. The second-order valence-electron chi connectivity index (χ2n) is 3.87. The molecule has 0 aromatic carbocycles. The average Bonchev–Trinajstić information content (AvgIpc) is 2.12. The van der Waals surface area contributed by atoms with Gasteiger partial charge in [-0.05, 0) is 49.7 Å². The zero-order valence-corrected chi connectivity index (χ0v) is 7.29. The standard InChI is InChI=1S/C10H16O2/c11-9-5-6-10(12)8-4-2-1-3-7(8)9/h9-12H,1-6H2. The third-order valence-electron chi connectivity index (χ3n) is 3.07. The Morgan fingerprint density at radius 3 is 1.67 bits per heavy atom. The lowest BCUT2D eigenvalue weighted by Crippen LogP contribution is -2.28. The molecule has 2 rings (SSSR count). The van der Waals surface area contributed by atoms with E-state index in [2.05, 4.69) is 0 Å². The van der Waals surface area contributed by atoms with Crippen molar-refractivity contribution in [3.05, 3.63) is 11.1 Å². The predicted molar refractivity (Wildman–Crippen MR) is 46.7 cm³/mol. The highest BCUT2D eigenvalue weighted by Gasteiger charge is 2.28. The van der Waals surface area contributed by atoms with Gasteiger partial charge in [0.05, 0.1) is 12.2 Å². The summed E-state index contributed by atoms with van der Waals surface area (Å²) in [5.74, 6) is 0. The molecule has 0 aromatic heterocycles. The zero-order valence-electron chi connectivity index (χ0n) is 7.29. The van der Waals surface area contributed by atoms with Crippen LogP contribution in [0.4, 0.5) is 0 Å². The minimum absolute atomic E-state index is 0.247. The Kier molecular flexibility index (Phi) is 2.20. The van der Waals surface area contributed by atoms with Crippen LogP contribution in [0.1, 0.15) is 38.5 Å². The summed E-state index contributed by atoms with van der Waals surface area (Å²) in [6.45, 7) is 0. The van der Waals surface area contributed by atoms with Gasteiger partial charge in [-0.1, -0.05) is 0 Å². The van der Waals surface area contributed by atoms with Gasteiger partial charge in [0.1, 0.15) is 0 Å². The van der Waals surface area contributed by atoms with Crippen molar-refractivity contribution in [1.82, 2.24) is 0 Å². The molecule has 68 valence electrons. The van der Waals surface area contributed by atoms with Crippen LogP contribution >= 0.6 is 0 Å². The van der Waals surface area contributed by atoms with Crippen LogP contribution in [0.2, 0.25) is 0 Å². The van der Waals surface area contributed by atoms with E-state index in [9.17, 15) is 10.2 Å². The molecule has 0 spiro atoms. The van der Waals surface area contributed by atoms with E-state index < -0.39 is 0 Å². The summed E-state index contributed by atoms with van der Waals surface area (Å²) in [6, 6.07) is 0. The predicted octanol–water partition coefficient (Wildman–Crippen LogP) is 1.37. The molecule has 0 fully saturated rings. The lowest BCUT2D eigenvalue weighted by Gasteiger charge is -2.32. The van der Waals surface area contributed by atoms with Gasteiger partial charge in [-0.2, -0.15) is 0 Å². The highest BCUT2D eigenvalue weighted by atomic mass is 16.3. The van der Waals surface area contributed by atoms with E-state index >= 15 is 0 Å². The molecule has 2 aliphatic carbocycles. The first-order chi connectivity index (χ1) is 5.79. The molecule has 0 saturated carbocycles. The summed E-state index contributed by atoms with van der Waals surface area (Å²) in [5.41, 5.74) is 2.31. The van der Waals surface area contributed by atoms with Crippen molar-refractivity contribution >= 4 is 0 Å².